The summed E-state index contributed by atoms with van der Waals surface area (Å²) in [4.78, 5) is 29.2. The number of para-hydroxylation sites is 1. The van der Waals surface area contributed by atoms with Crippen LogP contribution in [0.15, 0.2) is 42.5 Å². The van der Waals surface area contributed by atoms with Gasteiger partial charge in [-0.1, -0.05) is 48.3 Å². The van der Waals surface area contributed by atoms with E-state index in [9.17, 15) is 9.59 Å². The number of hydrogen-bond donors (Lipinski definition) is 0. The molecular formula is C20H20Cl2N2O2. The number of aryl methyl sites for hydroxylation is 1. The molecule has 0 N–H and O–H groups in total. The number of rotatable bonds is 3. The first-order valence-electron chi connectivity index (χ1n) is 8.59. The van der Waals surface area contributed by atoms with Crippen LogP contribution in [0.25, 0.3) is 0 Å². The van der Waals surface area contributed by atoms with Gasteiger partial charge in [0.1, 0.15) is 6.04 Å². The predicted octanol–water partition coefficient (Wildman–Crippen LogP) is 4.43. The van der Waals surface area contributed by atoms with E-state index in [0.717, 1.165) is 17.7 Å². The fourth-order valence-corrected chi connectivity index (χ4v) is 3.77. The first-order valence-corrected chi connectivity index (χ1v) is 9.35. The second-order valence-electron chi connectivity index (χ2n) is 6.27. The Morgan fingerprint density at radius 2 is 1.88 bits per heavy atom. The lowest BCUT2D eigenvalue weighted by atomic mass is 10.1. The molecule has 2 aromatic carbocycles. The Morgan fingerprint density at radius 1 is 1.15 bits per heavy atom. The van der Waals surface area contributed by atoms with E-state index in [0.29, 0.717) is 28.7 Å². The lowest BCUT2D eigenvalue weighted by Gasteiger charge is -2.39. The molecule has 1 aliphatic rings. The van der Waals surface area contributed by atoms with Crippen molar-refractivity contribution in [2.75, 3.05) is 18.0 Å². The zero-order valence-electron chi connectivity index (χ0n) is 14.7. The fourth-order valence-electron chi connectivity index (χ4n) is 3.28. The van der Waals surface area contributed by atoms with E-state index in [2.05, 4.69) is 6.92 Å². The third-order valence-electron chi connectivity index (χ3n) is 4.74. The number of benzene rings is 2. The van der Waals surface area contributed by atoms with Gasteiger partial charge in [-0.3, -0.25) is 9.59 Å². The minimum atomic E-state index is -0.562. The number of nitrogens with zero attached hydrogens (tertiary/aromatic N) is 2. The number of anilines is 1. The van der Waals surface area contributed by atoms with Crippen molar-refractivity contribution >= 4 is 40.7 Å². The van der Waals surface area contributed by atoms with Crippen LogP contribution in [0.2, 0.25) is 10.0 Å². The van der Waals surface area contributed by atoms with Crippen molar-refractivity contribution in [2.45, 2.75) is 26.3 Å². The van der Waals surface area contributed by atoms with E-state index in [1.807, 2.05) is 24.3 Å². The first kappa shape index (κ1) is 18.7. The Balaban J connectivity index is 1.85. The average molecular weight is 391 g/mol. The molecule has 0 unspecified atom stereocenters. The molecule has 4 nitrogen and oxygen atoms in total. The van der Waals surface area contributed by atoms with Crippen LogP contribution in [-0.4, -0.2) is 35.8 Å². The SMILES string of the molecule is CCc1ccccc1N1CCN(C(=O)c2ccc(Cl)cc2Cl)[C@H](C)C1=O. The summed E-state index contributed by atoms with van der Waals surface area (Å²) in [5, 5.41) is 0.762. The maximum absolute atomic E-state index is 13.0. The molecule has 2 aromatic rings. The zero-order valence-corrected chi connectivity index (χ0v) is 16.2. The van der Waals surface area contributed by atoms with Gasteiger partial charge in [-0.15, -0.1) is 0 Å². The molecule has 1 atom stereocenters. The van der Waals surface area contributed by atoms with Crippen LogP contribution in [0.3, 0.4) is 0 Å². The number of amides is 2. The summed E-state index contributed by atoms with van der Waals surface area (Å²) in [6.45, 7) is 4.72. The van der Waals surface area contributed by atoms with Gasteiger partial charge >= 0.3 is 0 Å². The van der Waals surface area contributed by atoms with Crippen molar-refractivity contribution in [3.63, 3.8) is 0 Å². The van der Waals surface area contributed by atoms with Crippen molar-refractivity contribution in [1.82, 2.24) is 4.90 Å². The molecule has 0 spiro atoms. The standard InChI is InChI=1S/C20H20Cl2N2O2/c1-3-14-6-4-5-7-18(14)24-11-10-23(13(2)19(24)25)20(26)16-9-8-15(21)12-17(16)22/h4-9,12-13H,3,10-11H2,1-2H3/t13-/m1/s1. The van der Waals surface area contributed by atoms with Crippen LogP contribution in [0.5, 0.6) is 0 Å². The van der Waals surface area contributed by atoms with Crippen molar-refractivity contribution < 1.29 is 9.59 Å². The maximum Gasteiger partial charge on any atom is 0.256 e. The molecule has 0 saturated carbocycles. The number of hydrogen-bond acceptors (Lipinski definition) is 2. The molecule has 2 amide bonds. The maximum atomic E-state index is 13.0. The van der Waals surface area contributed by atoms with Gasteiger partial charge in [0.2, 0.25) is 5.91 Å². The molecule has 26 heavy (non-hydrogen) atoms. The Hall–Kier alpha value is -2.04. The number of halogens is 2. The highest BCUT2D eigenvalue weighted by Gasteiger charge is 2.36. The molecule has 1 aliphatic heterocycles. The van der Waals surface area contributed by atoms with Crippen LogP contribution in [0, 0.1) is 0 Å². The quantitative estimate of drug-likeness (QED) is 0.777. The highest BCUT2D eigenvalue weighted by atomic mass is 35.5. The molecule has 0 aromatic heterocycles. The second kappa shape index (κ2) is 7.68. The van der Waals surface area contributed by atoms with E-state index in [-0.39, 0.29) is 11.8 Å². The molecule has 0 radical (unpaired) electrons. The monoisotopic (exact) mass is 390 g/mol. The predicted molar refractivity (Wildman–Crippen MR) is 105 cm³/mol. The lowest BCUT2D eigenvalue weighted by molar-refractivity contribution is -0.124. The van der Waals surface area contributed by atoms with Gasteiger partial charge < -0.3 is 9.80 Å². The molecule has 0 bridgehead atoms. The largest absolute Gasteiger partial charge is 0.325 e. The normalized spacial score (nSPS) is 17.5. The van der Waals surface area contributed by atoms with Crippen molar-refractivity contribution in [3.8, 4) is 0 Å². The first-order chi connectivity index (χ1) is 12.4. The van der Waals surface area contributed by atoms with E-state index in [1.165, 1.54) is 6.07 Å². The summed E-state index contributed by atoms with van der Waals surface area (Å²) in [5.74, 6) is -0.341. The van der Waals surface area contributed by atoms with E-state index >= 15 is 0 Å². The summed E-state index contributed by atoms with van der Waals surface area (Å²) in [6, 6.07) is 12.1. The zero-order chi connectivity index (χ0) is 18.8. The molecule has 1 heterocycles. The Bertz CT molecular complexity index is 853. The molecule has 3 rings (SSSR count). The number of carbonyl (C=O) groups excluding carboxylic acids is 2. The minimum absolute atomic E-state index is 0.0874. The third-order valence-corrected chi connectivity index (χ3v) is 5.29. The van der Waals surface area contributed by atoms with Gasteiger partial charge in [0, 0.05) is 23.8 Å². The Morgan fingerprint density at radius 3 is 2.58 bits per heavy atom. The molecule has 1 saturated heterocycles. The van der Waals surface area contributed by atoms with Crippen molar-refractivity contribution in [1.29, 1.82) is 0 Å². The molecule has 6 heteroatoms. The van der Waals surface area contributed by atoms with Gasteiger partial charge in [-0.25, -0.2) is 0 Å². The summed E-state index contributed by atoms with van der Waals surface area (Å²) >= 11 is 12.1. The smallest absolute Gasteiger partial charge is 0.256 e. The number of carbonyl (C=O) groups is 2. The molecule has 136 valence electrons. The molecule has 0 aliphatic carbocycles. The van der Waals surface area contributed by atoms with Crippen molar-refractivity contribution in [2.24, 2.45) is 0 Å². The highest BCUT2D eigenvalue weighted by molar-refractivity contribution is 6.36. The van der Waals surface area contributed by atoms with Gasteiger partial charge in [0.15, 0.2) is 0 Å². The van der Waals surface area contributed by atoms with Gasteiger partial charge in [0.25, 0.3) is 5.91 Å². The van der Waals surface area contributed by atoms with E-state index in [4.69, 9.17) is 23.2 Å². The molecule has 1 fully saturated rings. The fraction of sp³-hybridized carbons (Fsp3) is 0.300. The Kier molecular flexibility index (Phi) is 5.54. The van der Waals surface area contributed by atoms with E-state index < -0.39 is 6.04 Å². The Labute approximate surface area is 163 Å². The summed E-state index contributed by atoms with van der Waals surface area (Å²) in [7, 11) is 0. The summed E-state index contributed by atoms with van der Waals surface area (Å²) < 4.78 is 0. The summed E-state index contributed by atoms with van der Waals surface area (Å²) in [6.07, 6.45) is 0.845. The topological polar surface area (TPSA) is 40.6 Å². The van der Waals surface area contributed by atoms with Crippen LogP contribution < -0.4 is 4.90 Å². The number of piperazine rings is 1. The van der Waals surface area contributed by atoms with Crippen LogP contribution in [0.1, 0.15) is 29.8 Å². The minimum Gasteiger partial charge on any atom is -0.325 e. The summed E-state index contributed by atoms with van der Waals surface area (Å²) in [5.41, 5.74) is 2.40. The van der Waals surface area contributed by atoms with Crippen LogP contribution >= 0.6 is 23.2 Å². The van der Waals surface area contributed by atoms with Crippen LogP contribution in [0.4, 0.5) is 5.69 Å². The van der Waals surface area contributed by atoms with E-state index in [1.54, 1.807) is 28.9 Å². The van der Waals surface area contributed by atoms with Crippen LogP contribution in [-0.2, 0) is 11.2 Å². The third kappa shape index (κ3) is 3.44. The second-order valence-corrected chi connectivity index (χ2v) is 7.11. The molecular weight excluding hydrogens is 371 g/mol. The van der Waals surface area contributed by atoms with Gasteiger partial charge in [0.05, 0.1) is 10.6 Å². The average Bonchev–Trinajstić information content (AvgIpc) is 2.63. The van der Waals surface area contributed by atoms with Gasteiger partial charge in [-0.2, -0.15) is 0 Å². The lowest BCUT2D eigenvalue weighted by Crippen LogP contribution is -2.58. The highest BCUT2D eigenvalue weighted by Crippen LogP contribution is 2.27. The van der Waals surface area contributed by atoms with Gasteiger partial charge in [-0.05, 0) is 43.2 Å². The van der Waals surface area contributed by atoms with Crippen molar-refractivity contribution in [3.05, 3.63) is 63.6 Å².